The zero-order chi connectivity index (χ0) is 19.9. The van der Waals surface area contributed by atoms with Crippen molar-refractivity contribution in [2.24, 2.45) is 0 Å². The van der Waals surface area contributed by atoms with Crippen LogP contribution in [0, 0.1) is 0 Å². The molecule has 0 atom stereocenters. The highest BCUT2D eigenvalue weighted by molar-refractivity contribution is 5.30. The molecule has 2 rings (SSSR count). The van der Waals surface area contributed by atoms with E-state index in [1.54, 1.807) is 7.11 Å². The van der Waals surface area contributed by atoms with Crippen molar-refractivity contribution in [1.82, 2.24) is 0 Å². The van der Waals surface area contributed by atoms with Crippen LogP contribution < -0.4 is 4.74 Å². The number of aliphatic hydroxyl groups excluding tert-OH is 5. The van der Waals surface area contributed by atoms with Gasteiger partial charge in [0.1, 0.15) is 11.5 Å². The molecule has 0 unspecified atom stereocenters. The van der Waals surface area contributed by atoms with Crippen LogP contribution in [0.4, 0.5) is 0 Å². The molecule has 0 fully saturated rings. The Bertz CT molecular complexity index is 418. The molecule has 7 nitrogen and oxygen atoms in total. The van der Waals surface area contributed by atoms with Crippen molar-refractivity contribution in [1.29, 1.82) is 0 Å². The first-order valence-corrected chi connectivity index (χ1v) is 8.01. The molecule has 0 aliphatic heterocycles. The number of hydrogen-bond donors (Lipinski definition) is 5. The third-order valence-electron chi connectivity index (χ3n) is 2.22. The van der Waals surface area contributed by atoms with Gasteiger partial charge in [-0.05, 0) is 24.3 Å². The lowest BCUT2D eigenvalue weighted by Gasteiger charge is -2.03. The van der Waals surface area contributed by atoms with Crippen molar-refractivity contribution in [3.05, 3.63) is 60.7 Å². The number of hydrogen-bond acceptors (Lipinski definition) is 7. The lowest BCUT2D eigenvalue weighted by atomic mass is 10.3. The Morgan fingerprint density at radius 2 is 0.923 bits per heavy atom. The van der Waals surface area contributed by atoms with Crippen LogP contribution in [0.3, 0.4) is 0 Å². The highest BCUT2D eigenvalue weighted by atomic mass is 16.5. The predicted molar refractivity (Wildman–Crippen MR) is 100 cm³/mol. The molecule has 0 aliphatic carbocycles. The van der Waals surface area contributed by atoms with Gasteiger partial charge >= 0.3 is 0 Å². The van der Waals surface area contributed by atoms with Gasteiger partial charge in [0.25, 0.3) is 0 Å². The van der Waals surface area contributed by atoms with Crippen LogP contribution >= 0.6 is 0 Å². The number of aliphatic hydroxyl groups is 5. The zero-order valence-corrected chi connectivity index (χ0v) is 15.1. The van der Waals surface area contributed by atoms with Crippen molar-refractivity contribution in [3.63, 3.8) is 0 Å². The molecule has 2 aromatic rings. The van der Waals surface area contributed by atoms with Gasteiger partial charge in [-0.15, -0.1) is 0 Å². The van der Waals surface area contributed by atoms with E-state index < -0.39 is 0 Å². The molecule has 0 saturated carbocycles. The number of ether oxygens (including phenoxy) is 2. The summed E-state index contributed by atoms with van der Waals surface area (Å²) in [4.78, 5) is 0. The maximum absolute atomic E-state index is 7.94. The number of benzene rings is 2. The van der Waals surface area contributed by atoms with Crippen LogP contribution in [0.5, 0.6) is 11.5 Å². The van der Waals surface area contributed by atoms with Crippen molar-refractivity contribution in [3.8, 4) is 11.5 Å². The Morgan fingerprint density at radius 3 is 1.12 bits per heavy atom. The van der Waals surface area contributed by atoms with E-state index in [1.807, 2.05) is 60.7 Å². The summed E-state index contributed by atoms with van der Waals surface area (Å²) < 4.78 is 10.0. The molecule has 0 spiro atoms. The van der Waals surface area contributed by atoms with Crippen molar-refractivity contribution in [2.75, 3.05) is 46.8 Å². The Kier molecular flexibility index (Phi) is 23.2. The SMILES string of the molecule is COCCO.OCCO.OCCO.c1ccc(Oc2ccccc2)cc1. The van der Waals surface area contributed by atoms with Crippen LogP contribution in [-0.4, -0.2) is 72.3 Å². The minimum absolute atomic E-state index is 0.122. The highest BCUT2D eigenvalue weighted by Crippen LogP contribution is 2.19. The predicted octanol–water partition coefficient (Wildman–Crippen LogP) is 1.05. The second kappa shape index (κ2) is 23.0. The average molecular weight is 370 g/mol. The molecular formula is C19H30O7. The van der Waals surface area contributed by atoms with E-state index in [9.17, 15) is 0 Å². The van der Waals surface area contributed by atoms with Gasteiger partial charge in [0.05, 0.1) is 39.6 Å². The quantitative estimate of drug-likeness (QED) is 0.515. The van der Waals surface area contributed by atoms with Gasteiger partial charge in [-0.2, -0.15) is 0 Å². The van der Waals surface area contributed by atoms with Crippen molar-refractivity contribution < 1.29 is 35.0 Å². The normalized spacial score (nSPS) is 8.69. The molecule has 0 aliphatic rings. The third-order valence-corrected chi connectivity index (χ3v) is 2.22. The Balaban J connectivity index is 0. The molecule has 0 saturated heterocycles. The van der Waals surface area contributed by atoms with E-state index in [4.69, 9.17) is 30.3 Å². The topological polar surface area (TPSA) is 120 Å². The molecule has 5 N–H and O–H groups in total. The van der Waals surface area contributed by atoms with E-state index in [0.29, 0.717) is 6.61 Å². The van der Waals surface area contributed by atoms with Crippen LogP contribution in [-0.2, 0) is 4.74 Å². The van der Waals surface area contributed by atoms with Crippen molar-refractivity contribution >= 4 is 0 Å². The average Bonchev–Trinajstić information content (AvgIpc) is 2.71. The Morgan fingerprint density at radius 1 is 0.577 bits per heavy atom. The van der Waals surface area contributed by atoms with E-state index >= 15 is 0 Å². The smallest absolute Gasteiger partial charge is 0.127 e. The third kappa shape index (κ3) is 20.0. The van der Waals surface area contributed by atoms with E-state index in [-0.39, 0.29) is 33.0 Å². The molecule has 0 heterocycles. The molecule has 2 aromatic carbocycles. The Hall–Kier alpha value is -2.00. The maximum atomic E-state index is 7.94. The summed E-state index contributed by atoms with van der Waals surface area (Å²) in [6.07, 6.45) is 0. The van der Waals surface area contributed by atoms with Crippen LogP contribution in [0.25, 0.3) is 0 Å². The second-order valence-electron chi connectivity index (χ2n) is 4.34. The fourth-order valence-electron chi connectivity index (χ4n) is 1.20. The minimum atomic E-state index is -0.125. The fraction of sp³-hybridized carbons (Fsp3) is 0.368. The monoisotopic (exact) mass is 370 g/mol. The second-order valence-corrected chi connectivity index (χ2v) is 4.34. The van der Waals surface area contributed by atoms with Gasteiger partial charge in [0, 0.05) is 7.11 Å². The van der Waals surface area contributed by atoms with Crippen LogP contribution in [0.15, 0.2) is 60.7 Å². The first-order chi connectivity index (χ1) is 12.7. The summed E-state index contributed by atoms with van der Waals surface area (Å²) in [5, 5.41) is 38.4. The summed E-state index contributed by atoms with van der Waals surface area (Å²) in [6.45, 7) is 0.0660. The molecule has 0 radical (unpaired) electrons. The van der Waals surface area contributed by atoms with Gasteiger partial charge in [0.2, 0.25) is 0 Å². The van der Waals surface area contributed by atoms with Gasteiger partial charge in [-0.3, -0.25) is 0 Å². The summed E-state index contributed by atoms with van der Waals surface area (Å²) in [7, 11) is 1.55. The standard InChI is InChI=1S/C12H10O.C3H8O2.2C2H6O2/c1-3-7-11(8-4-1)13-12-9-5-2-6-10-12;1-5-3-2-4;2*3-1-2-4/h1-10H;4H,2-3H2,1H3;2*3-4H,1-2H2. The lowest BCUT2D eigenvalue weighted by Crippen LogP contribution is -1.91. The summed E-state index contributed by atoms with van der Waals surface area (Å²) >= 11 is 0. The molecule has 0 amide bonds. The molecule has 0 aromatic heterocycles. The zero-order valence-electron chi connectivity index (χ0n) is 15.1. The Labute approximate surface area is 154 Å². The van der Waals surface area contributed by atoms with E-state index in [0.717, 1.165) is 11.5 Å². The molecule has 7 heteroatoms. The van der Waals surface area contributed by atoms with Gasteiger partial charge in [-0.1, -0.05) is 36.4 Å². The van der Waals surface area contributed by atoms with Crippen molar-refractivity contribution in [2.45, 2.75) is 0 Å². The van der Waals surface area contributed by atoms with Gasteiger partial charge in [-0.25, -0.2) is 0 Å². The summed E-state index contributed by atoms with van der Waals surface area (Å²) in [5.74, 6) is 1.74. The summed E-state index contributed by atoms with van der Waals surface area (Å²) in [5.41, 5.74) is 0. The van der Waals surface area contributed by atoms with Crippen LogP contribution in [0.2, 0.25) is 0 Å². The maximum Gasteiger partial charge on any atom is 0.127 e. The minimum Gasteiger partial charge on any atom is -0.457 e. The largest absolute Gasteiger partial charge is 0.457 e. The lowest BCUT2D eigenvalue weighted by molar-refractivity contribution is 0.135. The first kappa shape index (κ1) is 26.2. The molecule has 0 bridgehead atoms. The fourth-order valence-corrected chi connectivity index (χ4v) is 1.20. The van der Waals surface area contributed by atoms with Crippen LogP contribution in [0.1, 0.15) is 0 Å². The number of para-hydroxylation sites is 2. The number of methoxy groups -OCH3 is 1. The first-order valence-electron chi connectivity index (χ1n) is 8.01. The van der Waals surface area contributed by atoms with E-state index in [1.165, 1.54) is 0 Å². The molecule has 148 valence electrons. The van der Waals surface area contributed by atoms with E-state index in [2.05, 4.69) is 4.74 Å². The number of rotatable bonds is 6. The van der Waals surface area contributed by atoms with Gasteiger partial charge in [0.15, 0.2) is 0 Å². The van der Waals surface area contributed by atoms with Gasteiger partial charge < -0.3 is 35.0 Å². The molecular weight excluding hydrogens is 340 g/mol. The molecule has 26 heavy (non-hydrogen) atoms. The highest BCUT2D eigenvalue weighted by Gasteiger charge is 1.92. The summed E-state index contributed by atoms with van der Waals surface area (Å²) in [6, 6.07) is 19.5.